The lowest BCUT2D eigenvalue weighted by Gasteiger charge is -2.27. The summed E-state index contributed by atoms with van der Waals surface area (Å²) >= 11 is 0. The molecule has 4 rings (SSSR count). The van der Waals surface area contributed by atoms with E-state index in [-0.39, 0.29) is 0 Å². The first-order valence-corrected chi connectivity index (χ1v) is 8.21. The van der Waals surface area contributed by atoms with Crippen LogP contribution in [0, 0.1) is 0 Å². The van der Waals surface area contributed by atoms with E-state index in [1.54, 1.807) is 6.20 Å². The Morgan fingerprint density at radius 2 is 1.88 bits per heavy atom. The summed E-state index contributed by atoms with van der Waals surface area (Å²) in [5.41, 5.74) is 2.23. The summed E-state index contributed by atoms with van der Waals surface area (Å²) in [5, 5.41) is 0. The Morgan fingerprint density at radius 3 is 2.71 bits per heavy atom. The van der Waals surface area contributed by atoms with E-state index in [0.717, 1.165) is 43.4 Å². The quantitative estimate of drug-likeness (QED) is 0.725. The molecule has 3 aromatic rings. The second kappa shape index (κ2) is 6.84. The van der Waals surface area contributed by atoms with Crippen molar-refractivity contribution in [2.45, 2.75) is 26.2 Å². The van der Waals surface area contributed by atoms with Crippen LogP contribution in [-0.4, -0.2) is 26.0 Å². The fourth-order valence-electron chi connectivity index (χ4n) is 2.95. The number of fused-ring (bicyclic) bond motifs is 1. The van der Waals surface area contributed by atoms with Gasteiger partial charge in [-0.05, 0) is 29.8 Å². The van der Waals surface area contributed by atoms with Crippen LogP contribution in [0.3, 0.4) is 0 Å². The molecule has 0 saturated carbocycles. The van der Waals surface area contributed by atoms with Crippen molar-refractivity contribution in [1.29, 1.82) is 0 Å². The molecule has 0 radical (unpaired) electrons. The van der Waals surface area contributed by atoms with Crippen molar-refractivity contribution in [3.63, 3.8) is 0 Å². The predicted octanol–water partition coefficient (Wildman–Crippen LogP) is 2.87. The molecule has 1 aromatic carbocycles. The molecule has 0 N–H and O–H groups in total. The molecule has 0 bridgehead atoms. The Bertz CT molecular complexity index is 783. The van der Waals surface area contributed by atoms with Gasteiger partial charge in [0.15, 0.2) is 0 Å². The molecular formula is C19H20N4O. The maximum atomic E-state index is 5.78. The molecule has 0 fully saturated rings. The zero-order chi connectivity index (χ0) is 16.2. The van der Waals surface area contributed by atoms with Gasteiger partial charge in [-0.1, -0.05) is 18.2 Å². The molecule has 0 atom stereocenters. The van der Waals surface area contributed by atoms with Crippen LogP contribution in [-0.2, 0) is 26.2 Å². The van der Waals surface area contributed by atoms with Gasteiger partial charge in [-0.25, -0.2) is 4.98 Å². The molecular weight excluding hydrogens is 300 g/mol. The first-order valence-electron chi connectivity index (χ1n) is 8.21. The highest BCUT2D eigenvalue weighted by atomic mass is 16.5. The van der Waals surface area contributed by atoms with E-state index in [1.807, 2.05) is 36.5 Å². The topological polar surface area (TPSA) is 43.2 Å². The van der Waals surface area contributed by atoms with Crippen molar-refractivity contribution < 1.29 is 4.74 Å². The van der Waals surface area contributed by atoms with E-state index in [1.165, 1.54) is 5.56 Å². The molecule has 0 spiro atoms. The molecule has 5 heteroatoms. The van der Waals surface area contributed by atoms with Crippen molar-refractivity contribution in [3.05, 3.63) is 78.1 Å². The van der Waals surface area contributed by atoms with Crippen molar-refractivity contribution in [1.82, 2.24) is 19.4 Å². The third kappa shape index (κ3) is 3.46. The average Bonchev–Trinajstić information content (AvgIpc) is 3.10. The third-order valence-corrected chi connectivity index (χ3v) is 4.27. The van der Waals surface area contributed by atoms with Gasteiger partial charge in [0.05, 0.1) is 12.2 Å². The van der Waals surface area contributed by atoms with E-state index < -0.39 is 0 Å². The Hall–Kier alpha value is -2.66. The molecule has 0 saturated heterocycles. The number of hydrogen-bond acceptors (Lipinski definition) is 4. The number of rotatable bonds is 5. The fraction of sp³-hybridized carbons (Fsp3) is 0.263. The lowest BCUT2D eigenvalue weighted by Crippen LogP contribution is -2.33. The summed E-state index contributed by atoms with van der Waals surface area (Å²) in [7, 11) is 0. The number of imidazole rings is 1. The van der Waals surface area contributed by atoms with E-state index in [0.29, 0.717) is 6.61 Å². The molecule has 1 aliphatic heterocycles. The first-order chi connectivity index (χ1) is 11.9. The Kier molecular flexibility index (Phi) is 4.25. The predicted molar refractivity (Wildman–Crippen MR) is 91.4 cm³/mol. The normalized spacial score (nSPS) is 14.3. The molecule has 2 aromatic heterocycles. The number of hydrogen-bond donors (Lipinski definition) is 0. The molecule has 3 heterocycles. The van der Waals surface area contributed by atoms with Crippen molar-refractivity contribution in [2.24, 2.45) is 0 Å². The van der Waals surface area contributed by atoms with Gasteiger partial charge in [0.1, 0.15) is 18.2 Å². The molecule has 1 aliphatic rings. The van der Waals surface area contributed by atoms with Crippen molar-refractivity contribution in [3.8, 4) is 5.75 Å². The van der Waals surface area contributed by atoms with Crippen molar-refractivity contribution in [2.75, 3.05) is 6.54 Å². The lowest BCUT2D eigenvalue weighted by molar-refractivity contribution is 0.208. The van der Waals surface area contributed by atoms with E-state index in [9.17, 15) is 0 Å². The van der Waals surface area contributed by atoms with Crippen LogP contribution >= 0.6 is 0 Å². The molecule has 122 valence electrons. The van der Waals surface area contributed by atoms with Crippen LogP contribution in [0.5, 0.6) is 5.75 Å². The fourth-order valence-corrected chi connectivity index (χ4v) is 2.95. The molecule has 0 unspecified atom stereocenters. The molecule has 24 heavy (non-hydrogen) atoms. The number of pyridine rings is 1. The van der Waals surface area contributed by atoms with Gasteiger partial charge in [-0.3, -0.25) is 9.88 Å². The molecule has 5 nitrogen and oxygen atoms in total. The van der Waals surface area contributed by atoms with E-state index in [2.05, 4.69) is 37.8 Å². The van der Waals surface area contributed by atoms with Crippen LogP contribution < -0.4 is 4.74 Å². The van der Waals surface area contributed by atoms with Gasteiger partial charge >= 0.3 is 0 Å². The van der Waals surface area contributed by atoms with Crippen molar-refractivity contribution >= 4 is 0 Å². The summed E-state index contributed by atoms with van der Waals surface area (Å²) < 4.78 is 8.01. The maximum Gasteiger partial charge on any atom is 0.130 e. The number of nitrogens with zero attached hydrogens (tertiary/aromatic N) is 4. The Labute approximate surface area is 141 Å². The standard InChI is InChI=1S/C19H20N4O/c1-2-8-20-17(3-1)15-24-18-6-4-16(5-7-18)13-22-11-12-23-10-9-21-19(23)14-22/h1-10H,11-15H2. The van der Waals surface area contributed by atoms with E-state index in [4.69, 9.17) is 4.74 Å². The van der Waals surface area contributed by atoms with Gasteiger partial charge in [0.2, 0.25) is 0 Å². The zero-order valence-electron chi connectivity index (χ0n) is 13.5. The second-order valence-corrected chi connectivity index (χ2v) is 6.00. The SMILES string of the molecule is c1ccc(COc2ccc(CN3CCn4ccnc4C3)cc2)nc1. The van der Waals surface area contributed by atoms with Crippen LogP contribution in [0.25, 0.3) is 0 Å². The maximum absolute atomic E-state index is 5.78. The monoisotopic (exact) mass is 320 g/mol. The van der Waals surface area contributed by atoms with Gasteiger partial charge < -0.3 is 9.30 Å². The number of ether oxygens (including phenoxy) is 1. The van der Waals surface area contributed by atoms with Crippen LogP contribution in [0.2, 0.25) is 0 Å². The summed E-state index contributed by atoms with van der Waals surface area (Å²) in [6, 6.07) is 14.2. The highest BCUT2D eigenvalue weighted by molar-refractivity contribution is 5.27. The summed E-state index contributed by atoms with van der Waals surface area (Å²) in [6.45, 7) is 4.41. The van der Waals surface area contributed by atoms with Gasteiger partial charge in [-0.2, -0.15) is 0 Å². The first kappa shape index (κ1) is 14.9. The van der Waals surface area contributed by atoms with Crippen LogP contribution in [0.15, 0.2) is 61.1 Å². The third-order valence-electron chi connectivity index (χ3n) is 4.27. The summed E-state index contributed by atoms with van der Waals surface area (Å²) in [6.07, 6.45) is 5.72. The minimum atomic E-state index is 0.495. The smallest absolute Gasteiger partial charge is 0.130 e. The summed E-state index contributed by atoms with van der Waals surface area (Å²) in [4.78, 5) is 11.1. The largest absolute Gasteiger partial charge is 0.487 e. The van der Waals surface area contributed by atoms with Gasteiger partial charge in [0, 0.05) is 38.2 Å². The molecule has 0 amide bonds. The molecule has 0 aliphatic carbocycles. The summed E-state index contributed by atoms with van der Waals surface area (Å²) in [5.74, 6) is 2.02. The van der Waals surface area contributed by atoms with Crippen LogP contribution in [0.4, 0.5) is 0 Å². The highest BCUT2D eigenvalue weighted by Gasteiger charge is 2.16. The lowest BCUT2D eigenvalue weighted by atomic mass is 10.2. The van der Waals surface area contributed by atoms with Gasteiger partial charge in [-0.15, -0.1) is 0 Å². The number of benzene rings is 1. The average molecular weight is 320 g/mol. The van der Waals surface area contributed by atoms with Crippen LogP contribution in [0.1, 0.15) is 17.1 Å². The second-order valence-electron chi connectivity index (χ2n) is 6.00. The van der Waals surface area contributed by atoms with Gasteiger partial charge in [0.25, 0.3) is 0 Å². The minimum absolute atomic E-state index is 0.495. The number of aromatic nitrogens is 3. The Morgan fingerprint density at radius 1 is 0.958 bits per heavy atom. The minimum Gasteiger partial charge on any atom is -0.487 e. The highest BCUT2D eigenvalue weighted by Crippen LogP contribution is 2.17. The Balaban J connectivity index is 1.33. The zero-order valence-corrected chi connectivity index (χ0v) is 13.5. The van der Waals surface area contributed by atoms with E-state index >= 15 is 0 Å².